The molecule has 10 nitrogen and oxygen atoms in total. The van der Waals surface area contributed by atoms with Crippen LogP contribution in [0.2, 0.25) is 0 Å². The van der Waals surface area contributed by atoms with E-state index in [1.165, 1.54) is 0 Å². The summed E-state index contributed by atoms with van der Waals surface area (Å²) >= 11 is 0. The normalized spacial score (nSPS) is 20.0. The van der Waals surface area contributed by atoms with Crippen LogP contribution in [-0.4, -0.2) is 85.2 Å². The van der Waals surface area contributed by atoms with Crippen molar-refractivity contribution in [3.05, 3.63) is 89.0 Å². The Hall–Kier alpha value is -3.50. The molecule has 3 aromatic carbocycles. The van der Waals surface area contributed by atoms with E-state index < -0.39 is 16.1 Å². The molecule has 1 unspecified atom stereocenters. The second-order valence-electron chi connectivity index (χ2n) is 13.7. The predicted octanol–water partition coefficient (Wildman–Crippen LogP) is 6.47. The average molecular weight is 720 g/mol. The number of anilines is 1. The van der Waals surface area contributed by atoms with E-state index in [-0.39, 0.29) is 29.8 Å². The minimum absolute atomic E-state index is 0.0821. The topological polar surface area (TPSA) is 111 Å². The number of nitrogens with zero attached hydrogens (tertiary/aromatic N) is 3. The van der Waals surface area contributed by atoms with Crippen LogP contribution in [0.25, 0.3) is 0 Å². The molecule has 2 heterocycles. The highest BCUT2D eigenvalue weighted by Gasteiger charge is 2.42. The van der Waals surface area contributed by atoms with E-state index in [1.807, 2.05) is 31.2 Å². The third-order valence-corrected chi connectivity index (χ3v) is 11.6. The molecule has 51 heavy (non-hydrogen) atoms. The van der Waals surface area contributed by atoms with Gasteiger partial charge in [-0.05, 0) is 67.1 Å². The number of ether oxygens (including phenoxy) is 5. The van der Waals surface area contributed by atoms with Crippen LogP contribution in [0, 0.1) is 24.2 Å². The number of nitriles is 1. The summed E-state index contributed by atoms with van der Waals surface area (Å²) in [5.74, 6) is 1.08. The third-order valence-electron chi connectivity index (χ3n) is 9.71. The summed E-state index contributed by atoms with van der Waals surface area (Å²) in [6.07, 6.45) is 1.73. The van der Waals surface area contributed by atoms with Crippen LogP contribution in [0.3, 0.4) is 0 Å². The van der Waals surface area contributed by atoms with Crippen molar-refractivity contribution in [1.29, 1.82) is 5.26 Å². The van der Waals surface area contributed by atoms with E-state index in [4.69, 9.17) is 23.7 Å². The van der Waals surface area contributed by atoms with Crippen LogP contribution < -0.4 is 9.64 Å². The van der Waals surface area contributed by atoms with Gasteiger partial charge in [0.2, 0.25) is 10.0 Å². The van der Waals surface area contributed by atoms with Crippen molar-refractivity contribution in [2.24, 2.45) is 5.92 Å². The van der Waals surface area contributed by atoms with Crippen molar-refractivity contribution >= 4 is 15.7 Å². The van der Waals surface area contributed by atoms with Gasteiger partial charge in [0.15, 0.2) is 0 Å². The zero-order valence-electron chi connectivity index (χ0n) is 30.5. The summed E-state index contributed by atoms with van der Waals surface area (Å²) < 4.78 is 59.2. The predicted molar refractivity (Wildman–Crippen MR) is 197 cm³/mol. The maximum absolute atomic E-state index is 14.2. The van der Waals surface area contributed by atoms with Crippen LogP contribution in [-0.2, 0) is 42.2 Å². The molecule has 276 valence electrons. The van der Waals surface area contributed by atoms with Gasteiger partial charge in [0.05, 0.1) is 55.7 Å². The number of piperidine rings is 1. The van der Waals surface area contributed by atoms with Crippen molar-refractivity contribution in [3.8, 4) is 11.8 Å². The Morgan fingerprint density at radius 2 is 1.75 bits per heavy atom. The number of methoxy groups -OCH3 is 2. The number of aryl methyl sites for hydroxylation is 1. The highest BCUT2D eigenvalue weighted by molar-refractivity contribution is 7.89. The fourth-order valence-electron chi connectivity index (χ4n) is 6.98. The van der Waals surface area contributed by atoms with Crippen molar-refractivity contribution in [2.75, 3.05) is 65.2 Å². The van der Waals surface area contributed by atoms with Crippen LogP contribution in [0.5, 0.6) is 5.75 Å². The lowest BCUT2D eigenvalue weighted by molar-refractivity contribution is -0.0206. The molecule has 1 fully saturated rings. The summed E-state index contributed by atoms with van der Waals surface area (Å²) in [5.41, 5.74) is 5.15. The first-order chi connectivity index (χ1) is 24.7. The Morgan fingerprint density at radius 3 is 2.47 bits per heavy atom. The molecule has 0 radical (unpaired) electrons. The van der Waals surface area contributed by atoms with Crippen LogP contribution >= 0.6 is 0 Å². The molecule has 11 heteroatoms. The molecule has 2 aliphatic heterocycles. The first-order valence-electron chi connectivity index (χ1n) is 18.0. The first kappa shape index (κ1) is 38.7. The number of benzene rings is 3. The molecule has 3 aromatic rings. The molecule has 2 aliphatic rings. The van der Waals surface area contributed by atoms with Gasteiger partial charge in [-0.1, -0.05) is 55.0 Å². The Morgan fingerprint density at radius 1 is 0.980 bits per heavy atom. The molecule has 5 rings (SSSR count). The number of rotatable bonds is 18. The lowest BCUT2D eigenvalue weighted by atomic mass is 9.82. The number of sulfonamides is 1. The molecule has 4 atom stereocenters. The number of hydrogen-bond donors (Lipinski definition) is 0. The summed E-state index contributed by atoms with van der Waals surface area (Å²) in [4.78, 5) is 2.57. The van der Waals surface area contributed by atoms with Gasteiger partial charge in [-0.15, -0.1) is 0 Å². The van der Waals surface area contributed by atoms with E-state index in [2.05, 4.69) is 48.2 Å². The van der Waals surface area contributed by atoms with E-state index in [1.54, 1.807) is 30.7 Å². The van der Waals surface area contributed by atoms with Crippen molar-refractivity contribution in [2.45, 2.75) is 75.7 Å². The lowest BCUT2D eigenvalue weighted by Gasteiger charge is -2.43. The Kier molecular flexibility index (Phi) is 14.3. The Balaban J connectivity index is 1.40. The SMILES string of the molecule is COCCCN1CCOc2ccc(CO[C@H]3CN(S(=O)(=O)c4ccc(C)cc4)[C@@H](CCC#N)C[C@@H]3c3ccc(COCC(C)COC)cc3)cc21. The van der Waals surface area contributed by atoms with Crippen LogP contribution in [0.15, 0.2) is 71.6 Å². The van der Waals surface area contributed by atoms with Gasteiger partial charge in [0.1, 0.15) is 12.4 Å². The highest BCUT2D eigenvalue weighted by Crippen LogP contribution is 2.39. The van der Waals surface area contributed by atoms with Crippen LogP contribution in [0.4, 0.5) is 5.69 Å². The standard InChI is InChI=1S/C40H53N3O7S/c1-30-8-15-36(16-9-30)51(44,45)43-25-40(50-29-33-12-17-39-38(23-33)42(20-22-49-39)19-6-21-46-3)37(24-35(43)7-5-18-41)34-13-10-32(11-14-34)28-48-27-31(2)26-47-4/h8-17,23,31,35,37,40H,5-7,19-22,24-29H2,1-4H3/t31?,35-,37+,40-/m0/s1. The molecule has 0 saturated carbocycles. The fourth-order valence-corrected chi connectivity index (χ4v) is 8.66. The van der Waals surface area contributed by atoms with E-state index in [0.29, 0.717) is 58.4 Å². The molecule has 0 bridgehead atoms. The summed E-state index contributed by atoms with van der Waals surface area (Å²) in [6, 6.07) is 23.4. The third kappa shape index (κ3) is 10.3. The molecule has 0 spiro atoms. The Labute approximate surface area is 304 Å². The number of hydrogen-bond acceptors (Lipinski definition) is 9. The van der Waals surface area contributed by atoms with E-state index in [9.17, 15) is 13.7 Å². The van der Waals surface area contributed by atoms with E-state index >= 15 is 0 Å². The molecule has 0 aromatic heterocycles. The summed E-state index contributed by atoms with van der Waals surface area (Å²) in [5, 5.41) is 9.53. The molecule has 0 aliphatic carbocycles. The zero-order valence-corrected chi connectivity index (χ0v) is 31.3. The minimum atomic E-state index is -3.85. The second kappa shape index (κ2) is 18.8. The van der Waals surface area contributed by atoms with Gasteiger partial charge in [-0.25, -0.2) is 8.42 Å². The summed E-state index contributed by atoms with van der Waals surface area (Å²) in [6.45, 7) is 9.27. The van der Waals surface area contributed by atoms with Gasteiger partial charge in [0, 0.05) is 58.2 Å². The molecule has 0 amide bonds. The van der Waals surface area contributed by atoms with E-state index in [0.717, 1.165) is 53.2 Å². The van der Waals surface area contributed by atoms with Gasteiger partial charge in [0.25, 0.3) is 0 Å². The second-order valence-corrected chi connectivity index (χ2v) is 15.6. The van der Waals surface area contributed by atoms with Crippen LogP contribution in [0.1, 0.15) is 60.8 Å². The first-order valence-corrected chi connectivity index (χ1v) is 19.4. The molecule has 0 N–H and O–H groups in total. The largest absolute Gasteiger partial charge is 0.490 e. The minimum Gasteiger partial charge on any atom is -0.490 e. The number of fused-ring (bicyclic) bond motifs is 1. The average Bonchev–Trinajstić information content (AvgIpc) is 3.14. The van der Waals surface area contributed by atoms with Crippen molar-refractivity contribution in [3.63, 3.8) is 0 Å². The molecule has 1 saturated heterocycles. The lowest BCUT2D eigenvalue weighted by Crippen LogP contribution is -2.52. The zero-order chi connectivity index (χ0) is 36.2. The van der Waals surface area contributed by atoms with Gasteiger partial charge in [-0.2, -0.15) is 9.57 Å². The molecular weight excluding hydrogens is 667 g/mol. The maximum Gasteiger partial charge on any atom is 0.243 e. The van der Waals surface area contributed by atoms with Gasteiger partial charge < -0.3 is 28.6 Å². The summed E-state index contributed by atoms with van der Waals surface area (Å²) in [7, 11) is -0.441. The quantitative estimate of drug-likeness (QED) is 0.137. The highest BCUT2D eigenvalue weighted by atomic mass is 32.2. The van der Waals surface area contributed by atoms with Crippen molar-refractivity contribution < 1.29 is 32.1 Å². The Bertz CT molecular complexity index is 1680. The van der Waals surface area contributed by atoms with Gasteiger partial charge in [-0.3, -0.25) is 0 Å². The maximum atomic E-state index is 14.2. The smallest absolute Gasteiger partial charge is 0.243 e. The fraction of sp³-hybridized carbons (Fsp3) is 0.525. The van der Waals surface area contributed by atoms with Crippen molar-refractivity contribution in [1.82, 2.24) is 4.31 Å². The monoisotopic (exact) mass is 719 g/mol. The van der Waals surface area contributed by atoms with Gasteiger partial charge >= 0.3 is 0 Å². The molecular formula is C40H53N3O7S.